The first-order chi connectivity index (χ1) is 13.5. The van der Waals surface area contributed by atoms with Gasteiger partial charge in [0.1, 0.15) is 0 Å². The number of aryl methyl sites for hydroxylation is 1. The van der Waals surface area contributed by atoms with Gasteiger partial charge in [-0.3, -0.25) is 4.79 Å². The van der Waals surface area contributed by atoms with Crippen molar-refractivity contribution in [1.82, 2.24) is 4.90 Å². The van der Waals surface area contributed by atoms with Crippen molar-refractivity contribution in [2.45, 2.75) is 41.0 Å². The molecule has 0 saturated heterocycles. The molecule has 1 aliphatic heterocycles. The van der Waals surface area contributed by atoms with Gasteiger partial charge in [0.25, 0.3) is 0 Å². The third kappa shape index (κ3) is 2.77. The molecule has 1 amide bonds. The monoisotopic (exact) mass is 385 g/mol. The van der Waals surface area contributed by atoms with E-state index in [1.54, 1.807) is 6.08 Å². The first kappa shape index (κ1) is 17.6. The van der Waals surface area contributed by atoms with Crippen LogP contribution in [-0.2, 0) is 16.6 Å². The van der Waals surface area contributed by atoms with Gasteiger partial charge in [0, 0.05) is 34.4 Å². The second-order valence-corrected chi connectivity index (χ2v) is 9.20. The van der Waals surface area contributed by atoms with Gasteiger partial charge in [0.2, 0.25) is 5.91 Å². The molecule has 5 rings (SSSR count). The van der Waals surface area contributed by atoms with Gasteiger partial charge >= 0.3 is 0 Å². The summed E-state index contributed by atoms with van der Waals surface area (Å²) in [4.78, 5) is 16.6. The lowest BCUT2D eigenvalue weighted by Crippen LogP contribution is -2.53. The quantitative estimate of drug-likeness (QED) is 0.573. The van der Waals surface area contributed by atoms with E-state index < -0.39 is 0 Å². The molecule has 1 unspecified atom stereocenters. The van der Waals surface area contributed by atoms with Crippen LogP contribution < -0.4 is 0 Å². The molecule has 0 radical (unpaired) electrons. The molecule has 1 aliphatic carbocycles. The standard InChI is InChI=1S/C25H23NOS/c1-25-14-13-24(27)26(2)23(25)12-8-19-16-21(10-11-22(19)25)28-20-9-7-17-5-3-4-6-18(17)15-20/h3-7,9-11,13-16,23H,8,12H2,1-2H3/t23?,25-/m1/s1. The highest BCUT2D eigenvalue weighted by Crippen LogP contribution is 2.44. The molecule has 0 saturated carbocycles. The Morgan fingerprint density at radius 3 is 2.61 bits per heavy atom. The molecule has 0 N–H and O–H groups in total. The summed E-state index contributed by atoms with van der Waals surface area (Å²) in [6.45, 7) is 2.27. The highest BCUT2D eigenvalue weighted by Gasteiger charge is 2.44. The predicted molar refractivity (Wildman–Crippen MR) is 116 cm³/mol. The van der Waals surface area contributed by atoms with Crippen molar-refractivity contribution >= 4 is 28.4 Å². The van der Waals surface area contributed by atoms with Gasteiger partial charge in [-0.1, -0.05) is 54.2 Å². The molecule has 3 aromatic carbocycles. The largest absolute Gasteiger partial charge is 0.338 e. The van der Waals surface area contributed by atoms with Crippen LogP contribution >= 0.6 is 11.8 Å². The van der Waals surface area contributed by atoms with Crippen molar-refractivity contribution < 1.29 is 4.79 Å². The van der Waals surface area contributed by atoms with E-state index in [0.29, 0.717) is 0 Å². The topological polar surface area (TPSA) is 20.3 Å². The van der Waals surface area contributed by atoms with Crippen LogP contribution in [-0.4, -0.2) is 23.9 Å². The predicted octanol–water partition coefficient (Wildman–Crippen LogP) is 5.59. The number of amides is 1. The molecule has 28 heavy (non-hydrogen) atoms. The summed E-state index contributed by atoms with van der Waals surface area (Å²) in [5.74, 6) is 0.120. The van der Waals surface area contributed by atoms with Gasteiger partial charge in [-0.15, -0.1) is 0 Å². The van der Waals surface area contributed by atoms with E-state index in [0.717, 1.165) is 12.8 Å². The van der Waals surface area contributed by atoms with Crippen molar-refractivity contribution in [3.05, 3.63) is 83.9 Å². The van der Waals surface area contributed by atoms with Crippen molar-refractivity contribution in [3.63, 3.8) is 0 Å². The molecule has 2 nitrogen and oxygen atoms in total. The van der Waals surface area contributed by atoms with Gasteiger partial charge in [0.15, 0.2) is 0 Å². The molecule has 0 spiro atoms. The van der Waals surface area contributed by atoms with E-state index in [1.807, 2.05) is 23.7 Å². The summed E-state index contributed by atoms with van der Waals surface area (Å²) in [5, 5.41) is 2.56. The van der Waals surface area contributed by atoms with Crippen molar-refractivity contribution in [3.8, 4) is 0 Å². The van der Waals surface area contributed by atoms with Crippen LogP contribution in [0.15, 0.2) is 82.6 Å². The molecular weight excluding hydrogens is 362 g/mol. The molecule has 140 valence electrons. The van der Waals surface area contributed by atoms with Crippen LogP contribution in [0.1, 0.15) is 24.5 Å². The van der Waals surface area contributed by atoms with Crippen molar-refractivity contribution in [2.75, 3.05) is 7.05 Å². The number of fused-ring (bicyclic) bond motifs is 4. The maximum absolute atomic E-state index is 12.1. The Hall–Kier alpha value is -2.52. The van der Waals surface area contributed by atoms with E-state index in [9.17, 15) is 4.79 Å². The molecule has 3 heteroatoms. The van der Waals surface area contributed by atoms with E-state index >= 15 is 0 Å². The second kappa shape index (κ2) is 6.52. The fraction of sp³-hybridized carbons (Fsp3) is 0.240. The summed E-state index contributed by atoms with van der Waals surface area (Å²) in [7, 11) is 1.93. The number of benzene rings is 3. The summed E-state index contributed by atoms with van der Waals surface area (Å²) in [5.41, 5.74) is 2.68. The average Bonchev–Trinajstić information content (AvgIpc) is 2.71. The minimum atomic E-state index is -0.0949. The number of hydrogen-bond acceptors (Lipinski definition) is 2. The van der Waals surface area contributed by atoms with E-state index in [4.69, 9.17) is 0 Å². The zero-order valence-electron chi connectivity index (χ0n) is 16.2. The number of hydrogen-bond donors (Lipinski definition) is 0. The smallest absolute Gasteiger partial charge is 0.246 e. The number of likely N-dealkylation sites (N-methyl/N-ethyl adjacent to an activating group) is 1. The van der Waals surface area contributed by atoms with Gasteiger partial charge in [-0.2, -0.15) is 0 Å². The lowest BCUT2D eigenvalue weighted by Gasteiger charge is -2.47. The Labute approximate surface area is 170 Å². The van der Waals surface area contributed by atoms with Crippen molar-refractivity contribution in [2.24, 2.45) is 0 Å². The summed E-state index contributed by atoms with van der Waals surface area (Å²) in [6, 6.07) is 22.3. The molecule has 1 heterocycles. The van der Waals surface area contributed by atoms with Gasteiger partial charge in [-0.05, 0) is 65.9 Å². The zero-order valence-corrected chi connectivity index (χ0v) is 17.0. The van der Waals surface area contributed by atoms with Crippen LogP contribution in [0.25, 0.3) is 10.8 Å². The van der Waals surface area contributed by atoms with Gasteiger partial charge in [0.05, 0.1) is 0 Å². The molecule has 0 fully saturated rings. The maximum Gasteiger partial charge on any atom is 0.246 e. The summed E-state index contributed by atoms with van der Waals surface area (Å²) in [6.07, 6.45) is 5.89. The number of carbonyl (C=O) groups is 1. The minimum Gasteiger partial charge on any atom is -0.338 e. The minimum absolute atomic E-state index is 0.0949. The first-order valence-electron chi connectivity index (χ1n) is 9.81. The third-order valence-corrected chi connectivity index (χ3v) is 7.36. The maximum atomic E-state index is 12.1. The number of nitrogens with zero attached hydrogens (tertiary/aromatic N) is 1. The normalized spacial score (nSPS) is 23.6. The van der Waals surface area contributed by atoms with Crippen LogP contribution in [0.4, 0.5) is 0 Å². The SMILES string of the molecule is CN1C(=O)C=C[C@]2(C)c3ccc(Sc4ccc5ccccc5c4)cc3CCC12. The number of carbonyl (C=O) groups excluding carboxylic acids is 1. The van der Waals surface area contributed by atoms with Crippen LogP contribution in [0, 0.1) is 0 Å². The number of rotatable bonds is 2. The zero-order chi connectivity index (χ0) is 19.3. The fourth-order valence-electron chi connectivity index (χ4n) is 4.82. The molecule has 2 atom stereocenters. The Balaban J connectivity index is 1.48. The molecular formula is C25H23NOS. The van der Waals surface area contributed by atoms with Gasteiger partial charge in [-0.25, -0.2) is 0 Å². The molecule has 0 bridgehead atoms. The molecule has 0 aromatic heterocycles. The first-order valence-corrected chi connectivity index (χ1v) is 10.6. The van der Waals surface area contributed by atoms with Crippen molar-refractivity contribution in [1.29, 1.82) is 0 Å². The second-order valence-electron chi connectivity index (χ2n) is 8.05. The average molecular weight is 386 g/mol. The lowest BCUT2D eigenvalue weighted by molar-refractivity contribution is -0.129. The summed E-state index contributed by atoms with van der Waals surface area (Å²) >= 11 is 1.82. The van der Waals surface area contributed by atoms with E-state index in [2.05, 4.69) is 73.7 Å². The highest BCUT2D eigenvalue weighted by molar-refractivity contribution is 7.99. The van der Waals surface area contributed by atoms with E-state index in [-0.39, 0.29) is 17.4 Å². The van der Waals surface area contributed by atoms with Gasteiger partial charge < -0.3 is 4.90 Å². The van der Waals surface area contributed by atoms with Crippen LogP contribution in [0.5, 0.6) is 0 Å². The molecule has 2 aliphatic rings. The summed E-state index contributed by atoms with van der Waals surface area (Å²) < 4.78 is 0. The molecule has 3 aromatic rings. The highest BCUT2D eigenvalue weighted by atomic mass is 32.2. The Morgan fingerprint density at radius 2 is 1.75 bits per heavy atom. The Bertz CT molecular complexity index is 1120. The Kier molecular flexibility index (Phi) is 4.09. The van der Waals surface area contributed by atoms with Crippen LogP contribution in [0.3, 0.4) is 0 Å². The van der Waals surface area contributed by atoms with Crippen LogP contribution in [0.2, 0.25) is 0 Å². The fourth-order valence-corrected chi connectivity index (χ4v) is 5.75. The van der Waals surface area contributed by atoms with E-state index in [1.165, 1.54) is 31.7 Å². The lowest BCUT2D eigenvalue weighted by atomic mass is 9.66. The third-order valence-electron chi connectivity index (χ3n) is 6.38. The Morgan fingerprint density at radius 1 is 1.00 bits per heavy atom.